The van der Waals surface area contributed by atoms with Crippen LogP contribution in [-0.2, 0) is 24.3 Å². The Morgan fingerprint density at radius 1 is 1.33 bits per heavy atom. The quantitative estimate of drug-likeness (QED) is 0.798. The van der Waals surface area contributed by atoms with Crippen molar-refractivity contribution >= 4 is 23.2 Å². The minimum absolute atomic E-state index is 0.0724. The Morgan fingerprint density at radius 3 is 3.12 bits per heavy atom. The molecule has 1 amide bonds. The summed E-state index contributed by atoms with van der Waals surface area (Å²) in [4.78, 5) is 14.2. The minimum Gasteiger partial charge on any atom is -0.454 e. The molecule has 0 saturated carbocycles. The molecule has 6 nitrogen and oxygen atoms in total. The van der Waals surface area contributed by atoms with Crippen LogP contribution in [0.25, 0.3) is 0 Å². The van der Waals surface area contributed by atoms with Crippen molar-refractivity contribution < 1.29 is 14.3 Å². The van der Waals surface area contributed by atoms with E-state index < -0.39 is 0 Å². The van der Waals surface area contributed by atoms with E-state index >= 15 is 0 Å². The van der Waals surface area contributed by atoms with Gasteiger partial charge in [0.05, 0.1) is 24.1 Å². The van der Waals surface area contributed by atoms with Crippen molar-refractivity contribution in [2.75, 3.05) is 17.6 Å². The van der Waals surface area contributed by atoms with Gasteiger partial charge in [-0.1, -0.05) is 12.1 Å². The molecule has 1 aromatic carbocycles. The van der Waals surface area contributed by atoms with Gasteiger partial charge in [-0.05, 0) is 25.3 Å². The number of rotatable bonds is 4. The Hall–Kier alpha value is -2.21. The molecule has 0 unspecified atom stereocenters. The van der Waals surface area contributed by atoms with Crippen molar-refractivity contribution in [2.24, 2.45) is 0 Å². The van der Waals surface area contributed by atoms with Gasteiger partial charge in [-0.3, -0.25) is 9.48 Å². The topological polar surface area (TPSA) is 56.6 Å². The molecule has 0 atom stereocenters. The van der Waals surface area contributed by atoms with Crippen LogP contribution in [0.5, 0.6) is 11.5 Å². The monoisotopic (exact) mass is 347 g/mol. The van der Waals surface area contributed by atoms with Gasteiger partial charge in [0.15, 0.2) is 11.5 Å². The second-order valence-corrected chi connectivity index (χ2v) is 6.19. The molecule has 2 aromatic rings. The average Bonchev–Trinajstić information content (AvgIpc) is 3.26. The Labute approximate surface area is 144 Å². The van der Waals surface area contributed by atoms with Crippen molar-refractivity contribution in [3.63, 3.8) is 0 Å². The van der Waals surface area contributed by atoms with Crippen LogP contribution in [0.15, 0.2) is 24.4 Å². The van der Waals surface area contributed by atoms with Crippen molar-refractivity contribution in [1.29, 1.82) is 0 Å². The summed E-state index contributed by atoms with van der Waals surface area (Å²) in [5.74, 6) is 1.19. The fourth-order valence-corrected chi connectivity index (χ4v) is 3.44. The molecule has 1 aromatic heterocycles. The smallest absolute Gasteiger partial charge is 0.242 e. The highest BCUT2D eigenvalue weighted by atomic mass is 35.5. The first-order valence-corrected chi connectivity index (χ1v) is 8.60. The number of aromatic nitrogens is 2. The lowest BCUT2D eigenvalue weighted by atomic mass is 10.1. The fraction of sp³-hybridized carbons (Fsp3) is 0.412. The Balaban J connectivity index is 1.70. The molecule has 7 heteroatoms. The third-order valence-corrected chi connectivity index (χ3v) is 4.70. The largest absolute Gasteiger partial charge is 0.454 e. The maximum atomic E-state index is 12.5. The van der Waals surface area contributed by atoms with Crippen molar-refractivity contribution in [2.45, 2.75) is 32.4 Å². The van der Waals surface area contributed by atoms with E-state index in [0.29, 0.717) is 18.0 Å². The van der Waals surface area contributed by atoms with E-state index in [-0.39, 0.29) is 18.6 Å². The van der Waals surface area contributed by atoms with Gasteiger partial charge < -0.3 is 14.4 Å². The van der Waals surface area contributed by atoms with Crippen LogP contribution in [-0.4, -0.2) is 28.4 Å². The highest BCUT2D eigenvalue weighted by molar-refractivity contribution is 6.29. The molecule has 0 fully saturated rings. The van der Waals surface area contributed by atoms with Crippen LogP contribution >= 0.6 is 11.6 Å². The number of anilines is 1. The van der Waals surface area contributed by atoms with E-state index in [2.05, 4.69) is 5.10 Å². The molecular formula is C17H18ClN3O3. The van der Waals surface area contributed by atoms with E-state index in [1.165, 1.54) is 0 Å². The number of carbonyl (C=O) groups is 1. The standard InChI is InChI=1S/C17H18ClN3O3/c18-8-16(22)20(14-9-19-21-7-2-1-5-13(14)21)10-12-4-3-6-15-17(12)24-11-23-15/h3-4,6,9H,1-2,5,7-8,10-11H2. The van der Waals surface area contributed by atoms with Crippen LogP contribution < -0.4 is 14.4 Å². The summed E-state index contributed by atoms with van der Waals surface area (Å²) in [6.07, 6.45) is 4.92. The summed E-state index contributed by atoms with van der Waals surface area (Å²) in [5, 5.41) is 4.43. The number of fused-ring (bicyclic) bond motifs is 2. The van der Waals surface area contributed by atoms with Crippen molar-refractivity contribution in [3.8, 4) is 11.5 Å². The molecule has 4 rings (SSSR count). The van der Waals surface area contributed by atoms with Gasteiger partial charge in [0.1, 0.15) is 5.88 Å². The third-order valence-electron chi connectivity index (χ3n) is 4.47. The Bertz CT molecular complexity index is 774. The second-order valence-electron chi connectivity index (χ2n) is 5.92. The zero-order chi connectivity index (χ0) is 16.5. The third kappa shape index (κ3) is 2.60. The van der Waals surface area contributed by atoms with Gasteiger partial charge in [-0.25, -0.2) is 0 Å². The molecular weight excluding hydrogens is 330 g/mol. The number of hydrogen-bond acceptors (Lipinski definition) is 4. The number of ether oxygens (including phenoxy) is 2. The highest BCUT2D eigenvalue weighted by Gasteiger charge is 2.26. The van der Waals surface area contributed by atoms with Gasteiger partial charge in [-0.15, -0.1) is 11.6 Å². The van der Waals surface area contributed by atoms with Crippen molar-refractivity contribution in [3.05, 3.63) is 35.7 Å². The van der Waals surface area contributed by atoms with Crippen LogP contribution in [0.1, 0.15) is 24.1 Å². The van der Waals surface area contributed by atoms with Crippen LogP contribution in [0.2, 0.25) is 0 Å². The molecule has 0 saturated heterocycles. The predicted octanol–water partition coefficient (Wildman–Crippen LogP) is 2.72. The molecule has 0 radical (unpaired) electrons. The summed E-state index contributed by atoms with van der Waals surface area (Å²) < 4.78 is 13.0. The molecule has 24 heavy (non-hydrogen) atoms. The molecule has 3 heterocycles. The predicted molar refractivity (Wildman–Crippen MR) is 89.6 cm³/mol. The molecule has 2 aliphatic heterocycles. The number of para-hydroxylation sites is 1. The fourth-order valence-electron chi connectivity index (χ4n) is 3.30. The molecule has 2 aliphatic rings. The highest BCUT2D eigenvalue weighted by Crippen LogP contribution is 2.37. The first-order chi connectivity index (χ1) is 11.8. The second kappa shape index (κ2) is 6.36. The normalized spacial score (nSPS) is 15.2. The molecule has 0 bridgehead atoms. The van der Waals surface area contributed by atoms with E-state index in [1.54, 1.807) is 11.1 Å². The van der Waals surface area contributed by atoms with E-state index in [1.807, 2.05) is 22.9 Å². The average molecular weight is 348 g/mol. The van der Waals surface area contributed by atoms with Crippen LogP contribution in [0.3, 0.4) is 0 Å². The number of aryl methyl sites for hydroxylation is 1. The van der Waals surface area contributed by atoms with Gasteiger partial charge in [-0.2, -0.15) is 5.10 Å². The number of carbonyl (C=O) groups excluding carboxylic acids is 1. The minimum atomic E-state index is -0.144. The number of amides is 1. The summed E-state index contributed by atoms with van der Waals surface area (Å²) in [6.45, 7) is 1.49. The first-order valence-electron chi connectivity index (χ1n) is 8.06. The maximum absolute atomic E-state index is 12.5. The Morgan fingerprint density at radius 2 is 2.25 bits per heavy atom. The van der Waals surface area contributed by atoms with Crippen LogP contribution in [0.4, 0.5) is 5.69 Å². The zero-order valence-corrected chi connectivity index (χ0v) is 14.0. The SMILES string of the molecule is O=C(CCl)N(Cc1cccc2c1OCO2)c1cnn2c1CCCC2. The summed E-state index contributed by atoms with van der Waals surface area (Å²) in [5.41, 5.74) is 2.85. The van der Waals surface area contributed by atoms with Gasteiger partial charge in [0, 0.05) is 12.1 Å². The maximum Gasteiger partial charge on any atom is 0.242 e. The number of halogens is 1. The van der Waals surface area contributed by atoms with E-state index in [4.69, 9.17) is 21.1 Å². The first kappa shape index (κ1) is 15.3. The lowest BCUT2D eigenvalue weighted by molar-refractivity contribution is -0.116. The van der Waals surface area contributed by atoms with Crippen molar-refractivity contribution in [1.82, 2.24) is 9.78 Å². The number of benzene rings is 1. The number of alkyl halides is 1. The number of hydrogen-bond donors (Lipinski definition) is 0. The molecule has 0 spiro atoms. The molecule has 126 valence electrons. The summed E-state index contributed by atoms with van der Waals surface area (Å²) >= 11 is 5.86. The van der Waals surface area contributed by atoms with Crippen LogP contribution in [0, 0.1) is 0 Å². The summed E-state index contributed by atoms with van der Waals surface area (Å²) in [7, 11) is 0. The lowest BCUT2D eigenvalue weighted by Gasteiger charge is -2.24. The van der Waals surface area contributed by atoms with Gasteiger partial charge >= 0.3 is 0 Å². The zero-order valence-electron chi connectivity index (χ0n) is 13.2. The number of nitrogens with zero attached hydrogens (tertiary/aromatic N) is 3. The lowest BCUT2D eigenvalue weighted by Crippen LogP contribution is -2.32. The molecule has 0 N–H and O–H groups in total. The summed E-state index contributed by atoms with van der Waals surface area (Å²) in [6, 6.07) is 5.71. The van der Waals surface area contributed by atoms with E-state index in [0.717, 1.165) is 42.8 Å². The van der Waals surface area contributed by atoms with Gasteiger partial charge in [0.25, 0.3) is 0 Å². The van der Waals surface area contributed by atoms with Gasteiger partial charge in [0.2, 0.25) is 12.7 Å². The molecule has 0 aliphatic carbocycles. The van der Waals surface area contributed by atoms with E-state index in [9.17, 15) is 4.79 Å². The Kier molecular flexibility index (Phi) is 4.06.